The van der Waals surface area contributed by atoms with Crippen LogP contribution in [0, 0.1) is 11.8 Å². The average Bonchev–Trinajstić information content (AvgIpc) is 3.67. The number of amides is 2. The van der Waals surface area contributed by atoms with E-state index in [4.69, 9.17) is 0 Å². The molecule has 5 heteroatoms. The summed E-state index contributed by atoms with van der Waals surface area (Å²) in [6.07, 6.45) is 8.91. The molecule has 1 heterocycles. The van der Waals surface area contributed by atoms with E-state index in [1.54, 1.807) is 0 Å². The first-order valence-electron chi connectivity index (χ1n) is 13.1. The first-order valence-corrected chi connectivity index (χ1v) is 13.1. The summed E-state index contributed by atoms with van der Waals surface area (Å²) >= 11 is 0. The number of piperidine rings is 1. The molecule has 2 amide bonds. The van der Waals surface area contributed by atoms with Crippen LogP contribution in [0.1, 0.15) is 80.1 Å². The standard InChI is InChI=1S/C29H37N3O2/c1-20-14-16-32(17-15-20)27-13-12-23(18-26(27)29(34)30-22-10-6-3-7-11-22)31-28(33)25-19-24(25)21-8-4-2-5-9-21/h2,4-5,8-9,12-13,18,20,22,24-25H,3,6-7,10-11,14-17,19H2,1H3,(H,30,34)(H,31,33)/t24-,25-/m0/s1. The van der Waals surface area contributed by atoms with Crippen molar-refractivity contribution in [3.05, 3.63) is 59.7 Å². The first-order chi connectivity index (χ1) is 16.6. The second-order valence-electron chi connectivity index (χ2n) is 10.6. The highest BCUT2D eigenvalue weighted by molar-refractivity contribution is 6.03. The molecule has 180 valence electrons. The number of rotatable bonds is 6. The molecule has 5 nitrogen and oxygen atoms in total. The smallest absolute Gasteiger partial charge is 0.253 e. The third-order valence-electron chi connectivity index (χ3n) is 7.93. The zero-order chi connectivity index (χ0) is 23.5. The van der Waals surface area contributed by atoms with Gasteiger partial charge in [0.15, 0.2) is 0 Å². The molecular weight excluding hydrogens is 422 g/mol. The fourth-order valence-corrected chi connectivity index (χ4v) is 5.62. The van der Waals surface area contributed by atoms with Crippen molar-refractivity contribution < 1.29 is 9.59 Å². The van der Waals surface area contributed by atoms with Crippen LogP contribution < -0.4 is 15.5 Å². The molecule has 34 heavy (non-hydrogen) atoms. The number of anilines is 2. The summed E-state index contributed by atoms with van der Waals surface area (Å²) in [5, 5.41) is 6.39. The third-order valence-corrected chi connectivity index (χ3v) is 7.93. The van der Waals surface area contributed by atoms with Gasteiger partial charge in [0, 0.05) is 36.4 Å². The summed E-state index contributed by atoms with van der Waals surface area (Å²) < 4.78 is 0. The van der Waals surface area contributed by atoms with Crippen LogP contribution in [0.25, 0.3) is 0 Å². The van der Waals surface area contributed by atoms with Gasteiger partial charge in [-0.1, -0.05) is 56.5 Å². The molecule has 2 saturated carbocycles. The van der Waals surface area contributed by atoms with Crippen LogP contribution in [0.3, 0.4) is 0 Å². The molecule has 2 aliphatic carbocycles. The van der Waals surface area contributed by atoms with E-state index in [0.29, 0.717) is 17.2 Å². The molecule has 2 N–H and O–H groups in total. The van der Waals surface area contributed by atoms with E-state index in [9.17, 15) is 9.59 Å². The fraction of sp³-hybridized carbons (Fsp3) is 0.517. The molecule has 1 saturated heterocycles. The highest BCUT2D eigenvalue weighted by Gasteiger charge is 2.43. The third kappa shape index (κ3) is 5.29. The van der Waals surface area contributed by atoms with Gasteiger partial charge in [-0.05, 0) is 67.7 Å². The Labute approximate surface area is 203 Å². The van der Waals surface area contributed by atoms with Crippen LogP contribution in [-0.4, -0.2) is 30.9 Å². The van der Waals surface area contributed by atoms with Crippen LogP contribution in [-0.2, 0) is 4.79 Å². The van der Waals surface area contributed by atoms with Crippen molar-refractivity contribution in [2.45, 2.75) is 70.3 Å². The summed E-state index contributed by atoms with van der Waals surface area (Å²) in [4.78, 5) is 28.7. The molecule has 5 rings (SSSR count). The highest BCUT2D eigenvalue weighted by atomic mass is 16.2. The summed E-state index contributed by atoms with van der Waals surface area (Å²) in [5.41, 5.74) is 3.62. The van der Waals surface area contributed by atoms with Gasteiger partial charge >= 0.3 is 0 Å². The molecule has 2 aromatic carbocycles. The Kier molecular flexibility index (Phi) is 6.89. The van der Waals surface area contributed by atoms with Crippen molar-refractivity contribution >= 4 is 23.2 Å². The number of carbonyl (C=O) groups excluding carboxylic acids is 2. The molecule has 2 atom stereocenters. The minimum absolute atomic E-state index is 0.00479. The second-order valence-corrected chi connectivity index (χ2v) is 10.6. The largest absolute Gasteiger partial charge is 0.371 e. The monoisotopic (exact) mass is 459 g/mol. The molecule has 1 aliphatic heterocycles. The maximum atomic E-state index is 13.4. The van der Waals surface area contributed by atoms with Crippen molar-refractivity contribution in [3.8, 4) is 0 Å². The Morgan fingerprint density at radius 3 is 2.38 bits per heavy atom. The summed E-state index contributed by atoms with van der Waals surface area (Å²) in [5.74, 6) is 1.07. The van der Waals surface area contributed by atoms with Gasteiger partial charge in [-0.25, -0.2) is 0 Å². The SMILES string of the molecule is CC1CCN(c2ccc(NC(=O)[C@H]3C[C@H]3c3ccccc3)cc2C(=O)NC2CCCCC2)CC1. The maximum Gasteiger partial charge on any atom is 0.253 e. The zero-order valence-corrected chi connectivity index (χ0v) is 20.3. The molecule has 0 radical (unpaired) electrons. The van der Waals surface area contributed by atoms with E-state index in [1.807, 2.05) is 36.4 Å². The van der Waals surface area contributed by atoms with E-state index >= 15 is 0 Å². The molecule has 3 fully saturated rings. The highest BCUT2D eigenvalue weighted by Crippen LogP contribution is 2.48. The van der Waals surface area contributed by atoms with Crippen LogP contribution in [0.2, 0.25) is 0 Å². The average molecular weight is 460 g/mol. The predicted octanol–water partition coefficient (Wildman–Crippen LogP) is 5.73. The van der Waals surface area contributed by atoms with Gasteiger partial charge in [0.2, 0.25) is 5.91 Å². The number of hydrogen-bond donors (Lipinski definition) is 2. The van der Waals surface area contributed by atoms with Gasteiger partial charge in [-0.15, -0.1) is 0 Å². The van der Waals surface area contributed by atoms with Gasteiger partial charge in [0.05, 0.1) is 5.56 Å². The van der Waals surface area contributed by atoms with E-state index in [1.165, 1.54) is 24.8 Å². The second kappa shape index (κ2) is 10.2. The van der Waals surface area contributed by atoms with Crippen molar-refractivity contribution in [3.63, 3.8) is 0 Å². The van der Waals surface area contributed by atoms with E-state index in [0.717, 1.165) is 56.8 Å². The lowest BCUT2D eigenvalue weighted by atomic mass is 9.95. The van der Waals surface area contributed by atoms with E-state index in [2.05, 4.69) is 34.6 Å². The van der Waals surface area contributed by atoms with Gasteiger partial charge in [0.1, 0.15) is 0 Å². The van der Waals surface area contributed by atoms with Crippen LogP contribution in [0.4, 0.5) is 11.4 Å². The van der Waals surface area contributed by atoms with E-state index in [-0.39, 0.29) is 23.8 Å². The lowest BCUT2D eigenvalue weighted by molar-refractivity contribution is -0.117. The molecule has 0 aromatic heterocycles. The van der Waals surface area contributed by atoms with Gasteiger partial charge in [-0.2, -0.15) is 0 Å². The van der Waals surface area contributed by atoms with Crippen molar-refractivity contribution in [1.82, 2.24) is 5.32 Å². The number of benzene rings is 2. The quantitative estimate of drug-likeness (QED) is 0.580. The summed E-state index contributed by atoms with van der Waals surface area (Å²) in [6.45, 7) is 4.24. The maximum absolute atomic E-state index is 13.4. The predicted molar refractivity (Wildman–Crippen MR) is 137 cm³/mol. The van der Waals surface area contributed by atoms with Gasteiger partial charge in [-0.3, -0.25) is 9.59 Å². The molecule has 0 unspecified atom stereocenters. The van der Waals surface area contributed by atoms with Crippen LogP contribution >= 0.6 is 0 Å². The number of hydrogen-bond acceptors (Lipinski definition) is 3. The van der Waals surface area contributed by atoms with Crippen LogP contribution in [0.5, 0.6) is 0 Å². The van der Waals surface area contributed by atoms with Gasteiger partial charge in [0.25, 0.3) is 5.91 Å². The van der Waals surface area contributed by atoms with Crippen molar-refractivity contribution in [2.24, 2.45) is 11.8 Å². The number of nitrogens with zero attached hydrogens (tertiary/aromatic N) is 1. The molecule has 0 spiro atoms. The zero-order valence-electron chi connectivity index (χ0n) is 20.3. The van der Waals surface area contributed by atoms with Crippen molar-refractivity contribution in [1.29, 1.82) is 0 Å². The molecular formula is C29H37N3O2. The van der Waals surface area contributed by atoms with Crippen LogP contribution in [0.15, 0.2) is 48.5 Å². The molecule has 2 aromatic rings. The lowest BCUT2D eigenvalue weighted by Gasteiger charge is -2.34. The molecule has 0 bridgehead atoms. The Bertz CT molecular complexity index is 1010. The molecule has 3 aliphatic rings. The van der Waals surface area contributed by atoms with Crippen molar-refractivity contribution in [2.75, 3.05) is 23.3 Å². The Morgan fingerprint density at radius 2 is 1.65 bits per heavy atom. The van der Waals surface area contributed by atoms with Gasteiger partial charge < -0.3 is 15.5 Å². The first kappa shape index (κ1) is 22.9. The van der Waals surface area contributed by atoms with E-state index < -0.39 is 0 Å². The Balaban J connectivity index is 1.32. The minimum atomic E-state index is -0.00907. The Morgan fingerprint density at radius 1 is 0.912 bits per heavy atom. The summed E-state index contributed by atoms with van der Waals surface area (Å²) in [6, 6.07) is 16.4. The topological polar surface area (TPSA) is 61.4 Å². The summed E-state index contributed by atoms with van der Waals surface area (Å²) in [7, 11) is 0. The minimum Gasteiger partial charge on any atom is -0.371 e. The number of carbonyl (C=O) groups is 2. The Hall–Kier alpha value is -2.82. The normalized spacial score (nSPS) is 23.4. The lowest BCUT2D eigenvalue weighted by Crippen LogP contribution is -2.38. The number of nitrogens with one attached hydrogen (secondary N) is 2. The fourth-order valence-electron chi connectivity index (χ4n) is 5.62.